The molecule has 2 saturated heterocycles. The summed E-state index contributed by atoms with van der Waals surface area (Å²) in [5.41, 5.74) is 0.346. The molecule has 0 bridgehead atoms. The fourth-order valence-electron chi connectivity index (χ4n) is 3.00. The lowest BCUT2D eigenvalue weighted by Gasteiger charge is -2.37. The van der Waals surface area contributed by atoms with Crippen LogP contribution < -0.4 is 5.32 Å². The van der Waals surface area contributed by atoms with Crippen LogP contribution in [0.4, 0.5) is 0 Å². The SMILES string of the molecule is CCC1(CC)CN(C2CCOC2)CCCN1. The molecule has 0 aliphatic carbocycles. The summed E-state index contributed by atoms with van der Waals surface area (Å²) in [6.45, 7) is 10.1. The molecule has 0 amide bonds. The molecule has 94 valence electrons. The van der Waals surface area contributed by atoms with Crippen LogP contribution in [0.25, 0.3) is 0 Å². The summed E-state index contributed by atoms with van der Waals surface area (Å²) in [5, 5.41) is 3.77. The first-order valence-electron chi connectivity index (χ1n) is 6.86. The number of nitrogens with zero attached hydrogens (tertiary/aromatic N) is 1. The van der Waals surface area contributed by atoms with Gasteiger partial charge in [-0.05, 0) is 38.8 Å². The molecule has 1 N–H and O–H groups in total. The van der Waals surface area contributed by atoms with Crippen molar-refractivity contribution >= 4 is 0 Å². The van der Waals surface area contributed by atoms with Crippen molar-refractivity contribution in [3.8, 4) is 0 Å². The molecule has 2 aliphatic rings. The van der Waals surface area contributed by atoms with Gasteiger partial charge in [0.1, 0.15) is 0 Å². The molecule has 2 aliphatic heterocycles. The van der Waals surface area contributed by atoms with Crippen LogP contribution in [0.2, 0.25) is 0 Å². The van der Waals surface area contributed by atoms with Gasteiger partial charge in [0.05, 0.1) is 6.61 Å². The molecular formula is C13H26N2O. The van der Waals surface area contributed by atoms with Crippen LogP contribution in [-0.2, 0) is 4.74 Å². The van der Waals surface area contributed by atoms with E-state index in [0.717, 1.165) is 13.2 Å². The quantitative estimate of drug-likeness (QED) is 0.791. The Morgan fingerprint density at radius 3 is 2.81 bits per heavy atom. The van der Waals surface area contributed by atoms with Gasteiger partial charge in [-0.25, -0.2) is 0 Å². The largest absolute Gasteiger partial charge is 0.380 e. The normalized spacial score (nSPS) is 31.5. The first kappa shape index (κ1) is 12.3. The number of ether oxygens (including phenoxy) is 1. The van der Waals surface area contributed by atoms with Gasteiger partial charge in [-0.15, -0.1) is 0 Å². The predicted octanol–water partition coefficient (Wildman–Crippen LogP) is 1.63. The van der Waals surface area contributed by atoms with Gasteiger partial charge in [0.15, 0.2) is 0 Å². The average molecular weight is 226 g/mol. The maximum absolute atomic E-state index is 5.52. The Kier molecular flexibility index (Phi) is 4.22. The van der Waals surface area contributed by atoms with Gasteiger partial charge >= 0.3 is 0 Å². The van der Waals surface area contributed by atoms with Gasteiger partial charge in [0, 0.05) is 24.7 Å². The second kappa shape index (κ2) is 5.48. The van der Waals surface area contributed by atoms with Crippen LogP contribution in [0.5, 0.6) is 0 Å². The third-order valence-corrected chi connectivity index (χ3v) is 4.40. The van der Waals surface area contributed by atoms with E-state index in [1.54, 1.807) is 0 Å². The minimum absolute atomic E-state index is 0.346. The monoisotopic (exact) mass is 226 g/mol. The molecule has 0 aromatic heterocycles. The summed E-state index contributed by atoms with van der Waals surface area (Å²) in [6.07, 6.45) is 4.96. The molecule has 0 aromatic rings. The van der Waals surface area contributed by atoms with Crippen molar-refractivity contribution < 1.29 is 4.74 Å². The zero-order valence-electron chi connectivity index (χ0n) is 10.8. The van der Waals surface area contributed by atoms with Gasteiger partial charge < -0.3 is 10.1 Å². The first-order chi connectivity index (χ1) is 7.79. The molecule has 1 unspecified atom stereocenters. The van der Waals surface area contributed by atoms with Crippen LogP contribution in [0.1, 0.15) is 39.5 Å². The van der Waals surface area contributed by atoms with E-state index in [1.807, 2.05) is 0 Å². The third kappa shape index (κ3) is 2.58. The second-order valence-electron chi connectivity index (χ2n) is 5.26. The maximum atomic E-state index is 5.52. The maximum Gasteiger partial charge on any atom is 0.0622 e. The van der Waals surface area contributed by atoms with E-state index in [2.05, 4.69) is 24.1 Å². The Bertz CT molecular complexity index is 210. The molecule has 1 atom stereocenters. The van der Waals surface area contributed by atoms with Crippen molar-refractivity contribution in [3.05, 3.63) is 0 Å². The van der Waals surface area contributed by atoms with Gasteiger partial charge in [-0.3, -0.25) is 4.90 Å². The van der Waals surface area contributed by atoms with Gasteiger partial charge in [0.2, 0.25) is 0 Å². The Hall–Kier alpha value is -0.120. The lowest BCUT2D eigenvalue weighted by Crippen LogP contribution is -2.52. The summed E-state index contributed by atoms with van der Waals surface area (Å²) in [5.74, 6) is 0. The minimum atomic E-state index is 0.346. The Labute approximate surface area is 99.5 Å². The van der Waals surface area contributed by atoms with E-state index in [9.17, 15) is 0 Å². The summed E-state index contributed by atoms with van der Waals surface area (Å²) in [7, 11) is 0. The van der Waals surface area contributed by atoms with E-state index >= 15 is 0 Å². The predicted molar refractivity (Wildman–Crippen MR) is 66.7 cm³/mol. The number of hydrogen-bond acceptors (Lipinski definition) is 3. The highest BCUT2D eigenvalue weighted by Gasteiger charge is 2.34. The van der Waals surface area contributed by atoms with Crippen LogP contribution in [-0.4, -0.2) is 49.3 Å². The molecule has 3 nitrogen and oxygen atoms in total. The van der Waals surface area contributed by atoms with E-state index in [0.29, 0.717) is 11.6 Å². The van der Waals surface area contributed by atoms with E-state index in [-0.39, 0.29) is 0 Å². The molecule has 3 heteroatoms. The number of rotatable bonds is 3. The van der Waals surface area contributed by atoms with Gasteiger partial charge in [-0.2, -0.15) is 0 Å². The second-order valence-corrected chi connectivity index (χ2v) is 5.26. The van der Waals surface area contributed by atoms with Crippen molar-refractivity contribution in [2.24, 2.45) is 0 Å². The Morgan fingerprint density at radius 2 is 2.19 bits per heavy atom. The summed E-state index contributed by atoms with van der Waals surface area (Å²) < 4.78 is 5.52. The average Bonchev–Trinajstić information content (AvgIpc) is 2.76. The molecule has 2 fully saturated rings. The van der Waals surface area contributed by atoms with Crippen LogP contribution in [0.15, 0.2) is 0 Å². The highest BCUT2D eigenvalue weighted by molar-refractivity contribution is 4.93. The lowest BCUT2D eigenvalue weighted by molar-refractivity contribution is 0.121. The Morgan fingerprint density at radius 1 is 1.38 bits per heavy atom. The molecule has 0 spiro atoms. The summed E-state index contributed by atoms with van der Waals surface area (Å²) in [4.78, 5) is 2.67. The first-order valence-corrected chi connectivity index (χ1v) is 6.86. The van der Waals surface area contributed by atoms with Crippen molar-refractivity contribution in [3.63, 3.8) is 0 Å². The number of hydrogen-bond donors (Lipinski definition) is 1. The molecule has 2 heterocycles. The zero-order valence-corrected chi connectivity index (χ0v) is 10.8. The van der Waals surface area contributed by atoms with E-state index < -0.39 is 0 Å². The molecule has 0 radical (unpaired) electrons. The van der Waals surface area contributed by atoms with E-state index in [4.69, 9.17) is 4.74 Å². The molecule has 0 aromatic carbocycles. The van der Waals surface area contributed by atoms with Crippen LogP contribution >= 0.6 is 0 Å². The smallest absolute Gasteiger partial charge is 0.0622 e. The van der Waals surface area contributed by atoms with E-state index in [1.165, 1.54) is 45.3 Å². The Balaban J connectivity index is 2.01. The highest BCUT2D eigenvalue weighted by Crippen LogP contribution is 2.23. The third-order valence-electron chi connectivity index (χ3n) is 4.40. The standard InChI is InChI=1S/C13H26N2O/c1-3-13(4-2)11-15(8-5-7-14-13)12-6-9-16-10-12/h12,14H,3-11H2,1-2H3. The van der Waals surface area contributed by atoms with Crippen molar-refractivity contribution in [2.45, 2.75) is 51.1 Å². The fourth-order valence-corrected chi connectivity index (χ4v) is 3.00. The van der Waals surface area contributed by atoms with Crippen LogP contribution in [0, 0.1) is 0 Å². The van der Waals surface area contributed by atoms with Gasteiger partial charge in [0.25, 0.3) is 0 Å². The molecule has 0 saturated carbocycles. The van der Waals surface area contributed by atoms with Crippen molar-refractivity contribution in [1.29, 1.82) is 0 Å². The van der Waals surface area contributed by atoms with Crippen LogP contribution in [0.3, 0.4) is 0 Å². The zero-order chi connectivity index (χ0) is 11.4. The van der Waals surface area contributed by atoms with Gasteiger partial charge in [-0.1, -0.05) is 13.8 Å². The molecule has 2 rings (SSSR count). The summed E-state index contributed by atoms with van der Waals surface area (Å²) in [6, 6.07) is 0.678. The molecular weight excluding hydrogens is 200 g/mol. The molecule has 16 heavy (non-hydrogen) atoms. The minimum Gasteiger partial charge on any atom is -0.380 e. The fraction of sp³-hybridized carbons (Fsp3) is 1.00. The lowest BCUT2D eigenvalue weighted by atomic mass is 9.92. The summed E-state index contributed by atoms with van der Waals surface area (Å²) >= 11 is 0. The topological polar surface area (TPSA) is 24.5 Å². The number of nitrogens with one attached hydrogen (secondary N) is 1. The van der Waals surface area contributed by atoms with Crippen molar-refractivity contribution in [1.82, 2.24) is 10.2 Å². The highest BCUT2D eigenvalue weighted by atomic mass is 16.5. The van der Waals surface area contributed by atoms with Crippen molar-refractivity contribution in [2.75, 3.05) is 32.8 Å².